The maximum Gasteiger partial charge on any atom is 0.238 e. The third-order valence-corrected chi connectivity index (χ3v) is 11.3. The molecule has 0 saturated heterocycles. The van der Waals surface area contributed by atoms with Crippen molar-refractivity contribution in [2.45, 2.75) is 0 Å². The average molecular weight is 729 g/mol. The normalized spacial score (nSPS) is 11.9. The summed E-state index contributed by atoms with van der Waals surface area (Å²) >= 11 is 0. The van der Waals surface area contributed by atoms with Crippen molar-refractivity contribution >= 4 is 65.4 Å². The van der Waals surface area contributed by atoms with Crippen LogP contribution >= 0.6 is 0 Å². The number of fused-ring (bicyclic) bond motifs is 10. The van der Waals surface area contributed by atoms with Crippen LogP contribution in [0.3, 0.4) is 0 Å². The summed E-state index contributed by atoms with van der Waals surface area (Å²) in [4.78, 5) is 15.4. The van der Waals surface area contributed by atoms with Crippen LogP contribution in [0.4, 0.5) is 0 Å². The second-order valence-electron chi connectivity index (χ2n) is 14.4. The topological polar surface area (TPSA) is 53.5 Å². The molecule has 6 nitrogen and oxygen atoms in total. The summed E-state index contributed by atoms with van der Waals surface area (Å²) in [6, 6.07) is 68.4. The zero-order chi connectivity index (χ0) is 37.5. The van der Waals surface area contributed by atoms with Crippen molar-refractivity contribution in [3.8, 4) is 40.1 Å². The molecule has 4 aromatic heterocycles. The first kappa shape index (κ1) is 31.5. The molecule has 0 spiro atoms. The van der Waals surface area contributed by atoms with Gasteiger partial charge in [0.2, 0.25) is 5.95 Å². The number of hydrogen-bond acceptors (Lipinski definition) is 3. The van der Waals surface area contributed by atoms with Crippen LogP contribution in [0, 0.1) is 0 Å². The van der Waals surface area contributed by atoms with Crippen LogP contribution in [-0.4, -0.2) is 28.7 Å². The van der Waals surface area contributed by atoms with E-state index in [2.05, 4.69) is 171 Å². The molecule has 0 N–H and O–H groups in total. The predicted octanol–water partition coefficient (Wildman–Crippen LogP) is 12.5. The van der Waals surface area contributed by atoms with Gasteiger partial charge in [0.1, 0.15) is 0 Å². The molecule has 0 bridgehead atoms. The lowest BCUT2D eigenvalue weighted by Crippen LogP contribution is -2.06. The minimum Gasteiger partial charge on any atom is -0.309 e. The molecule has 0 aliphatic heterocycles. The highest BCUT2D eigenvalue weighted by atomic mass is 15.2. The first-order valence-corrected chi connectivity index (χ1v) is 19.2. The molecule has 0 aliphatic rings. The van der Waals surface area contributed by atoms with E-state index in [0.29, 0.717) is 17.6 Å². The lowest BCUT2D eigenvalue weighted by Gasteiger charge is -2.13. The monoisotopic (exact) mass is 728 g/mol. The first-order chi connectivity index (χ1) is 28.3. The second-order valence-corrected chi connectivity index (χ2v) is 14.4. The van der Waals surface area contributed by atoms with E-state index in [9.17, 15) is 0 Å². The number of hydrogen-bond donors (Lipinski definition) is 0. The van der Waals surface area contributed by atoms with Crippen molar-refractivity contribution in [3.63, 3.8) is 0 Å². The van der Waals surface area contributed by atoms with Crippen LogP contribution in [0.2, 0.25) is 0 Å². The van der Waals surface area contributed by atoms with Gasteiger partial charge in [-0.15, -0.1) is 0 Å². The van der Waals surface area contributed by atoms with Gasteiger partial charge in [-0.05, 0) is 48.5 Å². The zero-order valence-corrected chi connectivity index (χ0v) is 30.7. The third-order valence-electron chi connectivity index (χ3n) is 11.3. The molecule has 0 unspecified atom stereocenters. The molecule has 0 fully saturated rings. The van der Waals surface area contributed by atoms with Crippen LogP contribution in [-0.2, 0) is 0 Å². The zero-order valence-electron chi connectivity index (χ0n) is 30.7. The quantitative estimate of drug-likeness (QED) is 0.177. The molecule has 12 rings (SSSR count). The van der Waals surface area contributed by atoms with Gasteiger partial charge < -0.3 is 9.13 Å². The molecule has 57 heavy (non-hydrogen) atoms. The van der Waals surface area contributed by atoms with Crippen molar-refractivity contribution in [1.82, 2.24) is 28.7 Å². The molecule has 0 atom stereocenters. The fourth-order valence-electron chi connectivity index (χ4n) is 8.91. The SMILES string of the molecule is c1ccc(-c2nc(-c3ccccc3)nc(-n3c4ccccc4c4c3ccc3c5ccccc5n(-c5cccc6c5c5ccccc5n6-c5ccccc5)c34)n2)cc1. The summed E-state index contributed by atoms with van der Waals surface area (Å²) in [5.41, 5.74) is 10.8. The average Bonchev–Trinajstić information content (AvgIpc) is 3.93. The number of nitrogens with zero attached hydrogens (tertiary/aromatic N) is 6. The molecule has 0 amide bonds. The Labute approximate surface area is 327 Å². The van der Waals surface area contributed by atoms with E-state index in [1.54, 1.807) is 0 Å². The summed E-state index contributed by atoms with van der Waals surface area (Å²) in [7, 11) is 0. The number of para-hydroxylation sites is 4. The molecule has 8 aromatic carbocycles. The van der Waals surface area contributed by atoms with Gasteiger partial charge in [0.15, 0.2) is 11.6 Å². The highest BCUT2D eigenvalue weighted by molar-refractivity contribution is 6.27. The first-order valence-electron chi connectivity index (χ1n) is 19.2. The summed E-state index contributed by atoms with van der Waals surface area (Å²) in [6.45, 7) is 0. The fourth-order valence-corrected chi connectivity index (χ4v) is 8.91. The van der Waals surface area contributed by atoms with E-state index >= 15 is 0 Å². The van der Waals surface area contributed by atoms with Gasteiger partial charge in [0.05, 0.1) is 38.8 Å². The van der Waals surface area contributed by atoms with Gasteiger partial charge in [-0.1, -0.05) is 146 Å². The molecule has 12 aromatic rings. The van der Waals surface area contributed by atoms with Gasteiger partial charge in [0.25, 0.3) is 0 Å². The van der Waals surface area contributed by atoms with Crippen molar-refractivity contribution < 1.29 is 0 Å². The van der Waals surface area contributed by atoms with Crippen LogP contribution in [0.25, 0.3) is 106 Å². The summed E-state index contributed by atoms with van der Waals surface area (Å²) in [5.74, 6) is 1.83. The van der Waals surface area contributed by atoms with Crippen molar-refractivity contribution in [1.29, 1.82) is 0 Å². The Balaban J connectivity index is 1.22. The summed E-state index contributed by atoms with van der Waals surface area (Å²) in [6.07, 6.45) is 0. The van der Waals surface area contributed by atoms with Crippen LogP contribution in [0.5, 0.6) is 0 Å². The number of benzene rings is 8. The van der Waals surface area contributed by atoms with Gasteiger partial charge in [-0.25, -0.2) is 4.98 Å². The fraction of sp³-hybridized carbons (Fsp3) is 0. The summed E-state index contributed by atoms with van der Waals surface area (Å²) < 4.78 is 7.10. The van der Waals surface area contributed by atoms with Crippen molar-refractivity contribution in [2.24, 2.45) is 0 Å². The maximum atomic E-state index is 5.21. The van der Waals surface area contributed by atoms with Gasteiger partial charge >= 0.3 is 0 Å². The molecule has 6 heteroatoms. The predicted molar refractivity (Wildman–Crippen MR) is 234 cm³/mol. The van der Waals surface area contributed by atoms with E-state index in [1.807, 2.05) is 36.4 Å². The highest BCUT2D eigenvalue weighted by Gasteiger charge is 2.24. The van der Waals surface area contributed by atoms with Crippen LogP contribution < -0.4 is 0 Å². The van der Waals surface area contributed by atoms with E-state index in [1.165, 1.54) is 27.1 Å². The Kier molecular flexibility index (Phi) is 6.83. The summed E-state index contributed by atoms with van der Waals surface area (Å²) in [5, 5.41) is 7.08. The number of rotatable bonds is 5. The van der Waals surface area contributed by atoms with E-state index in [-0.39, 0.29) is 0 Å². The van der Waals surface area contributed by atoms with E-state index in [0.717, 1.165) is 60.9 Å². The minimum atomic E-state index is 0.573. The van der Waals surface area contributed by atoms with E-state index in [4.69, 9.17) is 15.0 Å². The third kappa shape index (κ3) is 4.68. The van der Waals surface area contributed by atoms with Crippen molar-refractivity contribution in [3.05, 3.63) is 194 Å². The van der Waals surface area contributed by atoms with Crippen molar-refractivity contribution in [2.75, 3.05) is 0 Å². The lowest BCUT2D eigenvalue weighted by atomic mass is 10.1. The highest BCUT2D eigenvalue weighted by Crippen LogP contribution is 2.44. The lowest BCUT2D eigenvalue weighted by molar-refractivity contribution is 0.953. The molecule has 0 aliphatic carbocycles. The van der Waals surface area contributed by atoms with Gasteiger partial charge in [0, 0.05) is 49.1 Å². The maximum absolute atomic E-state index is 5.21. The van der Waals surface area contributed by atoms with Crippen LogP contribution in [0.1, 0.15) is 0 Å². The van der Waals surface area contributed by atoms with Gasteiger partial charge in [-0.3, -0.25) is 4.57 Å². The molecule has 266 valence electrons. The van der Waals surface area contributed by atoms with E-state index < -0.39 is 0 Å². The van der Waals surface area contributed by atoms with Crippen LogP contribution in [0.15, 0.2) is 194 Å². The Morgan fingerprint density at radius 2 is 0.789 bits per heavy atom. The Hall–Kier alpha value is -7.83. The largest absolute Gasteiger partial charge is 0.309 e. The Morgan fingerprint density at radius 1 is 0.298 bits per heavy atom. The van der Waals surface area contributed by atoms with Gasteiger partial charge in [-0.2, -0.15) is 9.97 Å². The molecular weight excluding hydrogens is 697 g/mol. The molecule has 4 heterocycles. The molecule has 0 saturated carbocycles. The standard InChI is InChI=1S/C51H32N6/c1-4-17-33(18-5-1)49-52-50(34-19-6-2-7-20-34)54-51(53-49)57-42-28-15-12-25-39(42)47-45(57)32-31-37-36-23-10-13-26-40(36)56(48(37)47)44-30-16-29-43-46(44)38-24-11-14-27-41(38)55(43)35-21-8-3-9-22-35/h1-32H. The minimum absolute atomic E-state index is 0.573. The Bertz CT molecular complexity index is 3450. The number of aromatic nitrogens is 6. The Morgan fingerprint density at radius 3 is 1.44 bits per heavy atom. The second kappa shape index (κ2) is 12.3. The molecular formula is C51H32N6. The molecule has 0 radical (unpaired) electrons. The smallest absolute Gasteiger partial charge is 0.238 e.